The highest BCUT2D eigenvalue weighted by Gasteiger charge is 2.32. The van der Waals surface area contributed by atoms with E-state index in [0.29, 0.717) is 29.4 Å². The Labute approximate surface area is 159 Å². The lowest BCUT2D eigenvalue weighted by molar-refractivity contribution is -0.122. The number of hydrogen-bond acceptors (Lipinski definition) is 5. The monoisotopic (exact) mass is 373 g/mol. The van der Waals surface area contributed by atoms with E-state index in [1.165, 1.54) is 20.6 Å². The van der Waals surface area contributed by atoms with Gasteiger partial charge in [0.15, 0.2) is 11.5 Å². The second-order valence-corrected chi connectivity index (χ2v) is 6.79. The zero-order valence-corrected chi connectivity index (χ0v) is 15.9. The summed E-state index contributed by atoms with van der Waals surface area (Å²) in [6.07, 6.45) is 6.13. The van der Waals surface area contributed by atoms with Gasteiger partial charge in [0.1, 0.15) is 6.54 Å². The Bertz CT molecular complexity index is 721. The predicted octanol–water partition coefficient (Wildman–Crippen LogP) is 2.50. The molecule has 1 aliphatic carbocycles. The molecule has 2 amide bonds. The number of nitrogens with one attached hydrogen (secondary N) is 1. The maximum atomic E-state index is 12.9. The van der Waals surface area contributed by atoms with Gasteiger partial charge >= 0.3 is 0 Å². The summed E-state index contributed by atoms with van der Waals surface area (Å²) in [4.78, 5) is 25.0. The molecular weight excluding hydrogens is 346 g/mol. The molecule has 0 aliphatic heterocycles. The summed E-state index contributed by atoms with van der Waals surface area (Å²) in [5.74, 6) is -0.452. The van der Waals surface area contributed by atoms with Crippen molar-refractivity contribution in [1.29, 1.82) is 5.26 Å². The molecule has 7 nitrogen and oxygen atoms in total. The van der Waals surface area contributed by atoms with Crippen LogP contribution in [0.3, 0.4) is 0 Å². The van der Waals surface area contributed by atoms with Gasteiger partial charge < -0.3 is 20.5 Å². The normalized spacial score (nSPS) is 15.4. The number of methoxy groups -OCH3 is 2. The lowest BCUT2D eigenvalue weighted by atomic mass is 9.78. The number of nitriles is 1. The molecule has 0 saturated heterocycles. The van der Waals surface area contributed by atoms with Gasteiger partial charge in [-0.2, -0.15) is 5.26 Å². The fourth-order valence-corrected chi connectivity index (χ4v) is 3.87. The van der Waals surface area contributed by atoms with E-state index in [9.17, 15) is 9.59 Å². The van der Waals surface area contributed by atoms with Gasteiger partial charge in [-0.25, -0.2) is 0 Å². The lowest BCUT2D eigenvalue weighted by Crippen LogP contribution is -2.33. The summed E-state index contributed by atoms with van der Waals surface area (Å²) >= 11 is 0. The quantitative estimate of drug-likeness (QED) is 0.680. The largest absolute Gasteiger partial charge is 0.493 e. The molecule has 1 unspecified atom stereocenters. The second kappa shape index (κ2) is 9.81. The Balaban J connectivity index is 2.53. The van der Waals surface area contributed by atoms with Crippen molar-refractivity contribution < 1.29 is 19.1 Å². The molecule has 146 valence electrons. The van der Waals surface area contributed by atoms with Gasteiger partial charge in [0, 0.05) is 11.1 Å². The molecule has 1 saturated carbocycles. The smallest absolute Gasteiger partial charge is 0.249 e. The Morgan fingerprint density at radius 2 is 1.96 bits per heavy atom. The number of nitrogens with two attached hydrogens (primary N) is 1. The van der Waals surface area contributed by atoms with E-state index < -0.39 is 11.8 Å². The average molecular weight is 373 g/mol. The highest BCUT2D eigenvalue weighted by atomic mass is 16.5. The topological polar surface area (TPSA) is 114 Å². The molecule has 0 spiro atoms. The van der Waals surface area contributed by atoms with Crippen LogP contribution in [-0.2, 0) is 4.79 Å². The fourth-order valence-electron chi connectivity index (χ4n) is 3.87. The molecule has 0 bridgehead atoms. The fraction of sp³-hybridized carbons (Fsp3) is 0.550. The molecule has 1 aromatic rings. The van der Waals surface area contributed by atoms with Gasteiger partial charge in [-0.3, -0.25) is 9.59 Å². The first-order valence-corrected chi connectivity index (χ1v) is 9.22. The number of carbonyl (C=O) groups excluding carboxylic acids is 2. The Hall–Kier alpha value is -2.75. The second-order valence-electron chi connectivity index (χ2n) is 6.79. The van der Waals surface area contributed by atoms with E-state index in [1.807, 2.05) is 6.07 Å². The maximum absolute atomic E-state index is 12.9. The van der Waals surface area contributed by atoms with E-state index in [4.69, 9.17) is 20.5 Å². The molecule has 0 aromatic heterocycles. The van der Waals surface area contributed by atoms with Crippen LogP contribution in [0.15, 0.2) is 12.1 Å². The van der Waals surface area contributed by atoms with Crippen molar-refractivity contribution in [2.75, 3.05) is 20.8 Å². The minimum absolute atomic E-state index is 0.0990. The Morgan fingerprint density at radius 3 is 2.52 bits per heavy atom. The standard InChI is InChI=1S/C20H27N3O4/c1-26-16-9-8-14(19(22)24)17(18(16)27-2)15(20(25)23-11-10-21)12-13-6-4-3-5-7-13/h8-9,13,15H,3-7,11-12H2,1-2H3,(H2,22,24)(H,23,25). The van der Waals surface area contributed by atoms with Crippen molar-refractivity contribution in [2.45, 2.75) is 44.4 Å². The van der Waals surface area contributed by atoms with E-state index in [-0.39, 0.29) is 18.0 Å². The predicted molar refractivity (Wildman–Crippen MR) is 101 cm³/mol. The van der Waals surface area contributed by atoms with Crippen molar-refractivity contribution in [2.24, 2.45) is 11.7 Å². The first kappa shape index (κ1) is 20.6. The van der Waals surface area contributed by atoms with E-state index in [0.717, 1.165) is 25.7 Å². The summed E-state index contributed by atoms with van der Waals surface area (Å²) in [6, 6.07) is 5.08. The maximum Gasteiger partial charge on any atom is 0.249 e. The third-order valence-electron chi connectivity index (χ3n) is 5.15. The first-order chi connectivity index (χ1) is 13.0. The van der Waals surface area contributed by atoms with Crippen LogP contribution in [-0.4, -0.2) is 32.6 Å². The minimum Gasteiger partial charge on any atom is -0.493 e. The van der Waals surface area contributed by atoms with Crippen molar-refractivity contribution in [3.05, 3.63) is 23.3 Å². The van der Waals surface area contributed by atoms with Gasteiger partial charge in [0.05, 0.1) is 26.2 Å². The number of hydrogen-bond donors (Lipinski definition) is 2. The molecule has 1 atom stereocenters. The number of primary amides is 1. The lowest BCUT2D eigenvalue weighted by Gasteiger charge is -2.28. The van der Waals surface area contributed by atoms with E-state index in [1.54, 1.807) is 12.1 Å². The van der Waals surface area contributed by atoms with Crippen molar-refractivity contribution >= 4 is 11.8 Å². The summed E-state index contributed by atoms with van der Waals surface area (Å²) in [5, 5.41) is 11.5. The Kier molecular flexibility index (Phi) is 7.47. The van der Waals surface area contributed by atoms with Crippen LogP contribution < -0.4 is 20.5 Å². The van der Waals surface area contributed by atoms with Crippen LogP contribution in [0.2, 0.25) is 0 Å². The van der Waals surface area contributed by atoms with Crippen LogP contribution in [0.4, 0.5) is 0 Å². The summed E-state index contributed by atoms with van der Waals surface area (Å²) in [6.45, 7) is -0.0990. The minimum atomic E-state index is -0.644. The van der Waals surface area contributed by atoms with E-state index in [2.05, 4.69) is 5.32 Å². The average Bonchev–Trinajstić information content (AvgIpc) is 2.69. The van der Waals surface area contributed by atoms with Crippen LogP contribution in [0, 0.1) is 17.2 Å². The number of benzene rings is 1. The van der Waals surface area contributed by atoms with Crippen LogP contribution in [0.25, 0.3) is 0 Å². The van der Waals surface area contributed by atoms with Crippen LogP contribution in [0.5, 0.6) is 11.5 Å². The summed E-state index contributed by atoms with van der Waals surface area (Å²) in [5.41, 5.74) is 6.25. The van der Waals surface area contributed by atoms with Crippen molar-refractivity contribution in [3.63, 3.8) is 0 Å². The van der Waals surface area contributed by atoms with Crippen LogP contribution in [0.1, 0.15) is 60.4 Å². The number of nitrogens with zero attached hydrogens (tertiary/aromatic N) is 1. The zero-order valence-electron chi connectivity index (χ0n) is 15.9. The molecular formula is C20H27N3O4. The summed E-state index contributed by atoms with van der Waals surface area (Å²) < 4.78 is 10.9. The molecule has 27 heavy (non-hydrogen) atoms. The molecule has 2 rings (SSSR count). The molecule has 1 aromatic carbocycles. The molecule has 7 heteroatoms. The number of carbonyl (C=O) groups is 2. The SMILES string of the molecule is COc1ccc(C(N)=O)c(C(CC2CCCCC2)C(=O)NCC#N)c1OC. The van der Waals surface area contributed by atoms with Gasteiger partial charge in [-0.05, 0) is 24.5 Å². The van der Waals surface area contributed by atoms with Crippen molar-refractivity contribution in [3.8, 4) is 17.6 Å². The zero-order chi connectivity index (χ0) is 19.8. The third kappa shape index (κ3) is 4.91. The Morgan fingerprint density at radius 1 is 1.26 bits per heavy atom. The highest BCUT2D eigenvalue weighted by Crippen LogP contribution is 2.42. The van der Waals surface area contributed by atoms with Gasteiger partial charge in [-0.1, -0.05) is 32.1 Å². The van der Waals surface area contributed by atoms with Gasteiger partial charge in [0.2, 0.25) is 11.8 Å². The highest BCUT2D eigenvalue weighted by molar-refractivity contribution is 5.98. The van der Waals surface area contributed by atoms with Gasteiger partial charge in [0.25, 0.3) is 0 Å². The molecule has 0 heterocycles. The van der Waals surface area contributed by atoms with Crippen LogP contribution >= 0.6 is 0 Å². The number of rotatable bonds is 8. The first-order valence-electron chi connectivity index (χ1n) is 9.22. The molecule has 3 N–H and O–H groups in total. The molecule has 1 fully saturated rings. The van der Waals surface area contributed by atoms with Gasteiger partial charge in [-0.15, -0.1) is 0 Å². The molecule has 0 radical (unpaired) electrons. The molecule has 1 aliphatic rings. The van der Waals surface area contributed by atoms with E-state index >= 15 is 0 Å². The third-order valence-corrected chi connectivity index (χ3v) is 5.15. The van der Waals surface area contributed by atoms with Crippen molar-refractivity contribution in [1.82, 2.24) is 5.32 Å². The summed E-state index contributed by atoms with van der Waals surface area (Å²) in [7, 11) is 2.97. The number of amides is 2. The number of ether oxygens (including phenoxy) is 2.